The fourth-order valence-electron chi connectivity index (χ4n) is 1.83. The van der Waals surface area contributed by atoms with Crippen molar-refractivity contribution in [3.8, 4) is 11.1 Å². The van der Waals surface area contributed by atoms with Gasteiger partial charge in [0.05, 0.1) is 5.52 Å². The topological polar surface area (TPSA) is 12.9 Å². The van der Waals surface area contributed by atoms with Crippen LogP contribution in [0.3, 0.4) is 0 Å². The van der Waals surface area contributed by atoms with Crippen molar-refractivity contribution in [3.05, 3.63) is 66.6 Å². The number of pyridine rings is 1. The first kappa shape index (κ1) is 9.97. The minimum absolute atomic E-state index is 0.220. The van der Waals surface area contributed by atoms with Crippen LogP contribution < -0.4 is 0 Å². The normalized spacial score (nSPS) is 10.6. The van der Waals surface area contributed by atoms with Crippen LogP contribution in [0.25, 0.3) is 22.0 Å². The summed E-state index contributed by atoms with van der Waals surface area (Å²) < 4.78 is 12.8. The van der Waals surface area contributed by atoms with Crippen molar-refractivity contribution in [1.82, 2.24) is 4.98 Å². The number of nitrogens with zero attached hydrogens (tertiary/aromatic N) is 1. The second-order valence-corrected chi connectivity index (χ2v) is 3.85. The second kappa shape index (κ2) is 3.98. The number of benzene rings is 2. The summed E-state index contributed by atoms with van der Waals surface area (Å²) in [6.07, 6.45) is 1.65. The predicted octanol–water partition coefficient (Wildman–Crippen LogP) is 3.84. The minimum atomic E-state index is -0.220. The zero-order valence-electron chi connectivity index (χ0n) is 9.02. The molecule has 2 heteroatoms. The molecular weight excluding hydrogens is 213 g/mol. The van der Waals surface area contributed by atoms with Gasteiger partial charge in [-0.1, -0.05) is 24.3 Å². The fraction of sp³-hybridized carbons (Fsp3) is 0. The lowest BCUT2D eigenvalue weighted by molar-refractivity contribution is 0.628. The molecule has 81 valence electrons. The van der Waals surface area contributed by atoms with Crippen LogP contribution in [0.1, 0.15) is 0 Å². The van der Waals surface area contributed by atoms with E-state index in [-0.39, 0.29) is 5.82 Å². The Bertz CT molecular complexity index is 659. The highest BCUT2D eigenvalue weighted by Crippen LogP contribution is 2.23. The van der Waals surface area contributed by atoms with Crippen LogP contribution in [0.4, 0.5) is 4.39 Å². The summed E-state index contributed by atoms with van der Waals surface area (Å²) in [5, 5.41) is 1.05. The van der Waals surface area contributed by atoms with Gasteiger partial charge in [-0.25, -0.2) is 4.39 Å². The molecule has 1 nitrogen and oxygen atoms in total. The van der Waals surface area contributed by atoms with Crippen molar-refractivity contribution in [1.29, 1.82) is 0 Å². The summed E-state index contributed by atoms with van der Waals surface area (Å²) >= 11 is 0. The van der Waals surface area contributed by atoms with Crippen LogP contribution in [0, 0.1) is 11.9 Å². The van der Waals surface area contributed by atoms with E-state index in [4.69, 9.17) is 0 Å². The van der Waals surface area contributed by atoms with Gasteiger partial charge in [0.2, 0.25) is 0 Å². The molecule has 0 saturated carbocycles. The van der Waals surface area contributed by atoms with Crippen LogP contribution in [0.2, 0.25) is 0 Å². The lowest BCUT2D eigenvalue weighted by Crippen LogP contribution is -1.82. The van der Waals surface area contributed by atoms with E-state index in [2.05, 4.69) is 11.1 Å². The number of hydrogen-bond donors (Lipinski definition) is 0. The second-order valence-electron chi connectivity index (χ2n) is 3.85. The molecule has 2 aromatic carbocycles. The molecule has 1 aromatic heterocycles. The Kier molecular flexibility index (Phi) is 2.33. The lowest BCUT2D eigenvalue weighted by atomic mass is 10.0. The molecule has 1 heterocycles. The van der Waals surface area contributed by atoms with Crippen molar-refractivity contribution in [2.75, 3.05) is 0 Å². The smallest absolute Gasteiger partial charge is 0.123 e. The molecule has 0 bridgehead atoms. The maximum Gasteiger partial charge on any atom is 0.123 e. The Labute approximate surface area is 98.6 Å². The number of hydrogen-bond acceptors (Lipinski definition) is 1. The Morgan fingerprint density at radius 1 is 0.941 bits per heavy atom. The van der Waals surface area contributed by atoms with E-state index in [0.717, 1.165) is 22.0 Å². The average Bonchev–Trinajstić information content (AvgIpc) is 2.39. The molecule has 0 aliphatic rings. The molecule has 0 unspecified atom stereocenters. The molecule has 0 atom stereocenters. The van der Waals surface area contributed by atoms with Crippen LogP contribution in [0.5, 0.6) is 0 Å². The first-order valence-corrected chi connectivity index (χ1v) is 5.35. The molecule has 0 spiro atoms. The SMILES string of the molecule is Fc1ccc(-c2ccc3c[c]cnc3c2)cc1. The third-order valence-corrected chi connectivity index (χ3v) is 2.72. The third kappa shape index (κ3) is 1.89. The van der Waals surface area contributed by atoms with Crippen molar-refractivity contribution in [2.45, 2.75) is 0 Å². The highest BCUT2D eigenvalue weighted by Gasteiger charge is 2.00. The molecule has 0 fully saturated rings. The highest BCUT2D eigenvalue weighted by atomic mass is 19.1. The van der Waals surface area contributed by atoms with E-state index in [0.29, 0.717) is 0 Å². The first-order valence-electron chi connectivity index (χ1n) is 5.35. The monoisotopic (exact) mass is 222 g/mol. The minimum Gasteiger partial charge on any atom is -0.256 e. The summed E-state index contributed by atoms with van der Waals surface area (Å²) in [6, 6.07) is 17.3. The van der Waals surface area contributed by atoms with Gasteiger partial charge < -0.3 is 0 Å². The van der Waals surface area contributed by atoms with Gasteiger partial charge in [-0.15, -0.1) is 0 Å². The fourth-order valence-corrected chi connectivity index (χ4v) is 1.83. The first-order chi connectivity index (χ1) is 8.33. The van der Waals surface area contributed by atoms with Crippen LogP contribution in [-0.4, -0.2) is 4.98 Å². The third-order valence-electron chi connectivity index (χ3n) is 2.72. The molecule has 17 heavy (non-hydrogen) atoms. The molecule has 3 rings (SSSR count). The molecule has 0 saturated heterocycles. The quantitative estimate of drug-likeness (QED) is 0.609. The molecule has 3 aromatic rings. The zero-order valence-corrected chi connectivity index (χ0v) is 9.02. The highest BCUT2D eigenvalue weighted by molar-refractivity contribution is 5.83. The maximum absolute atomic E-state index is 12.8. The Morgan fingerprint density at radius 3 is 2.53 bits per heavy atom. The predicted molar refractivity (Wildman–Crippen MR) is 66.0 cm³/mol. The Morgan fingerprint density at radius 2 is 1.71 bits per heavy atom. The van der Waals surface area contributed by atoms with Crippen molar-refractivity contribution >= 4 is 10.9 Å². The number of aromatic nitrogens is 1. The van der Waals surface area contributed by atoms with E-state index in [9.17, 15) is 4.39 Å². The Balaban J connectivity index is 2.14. The Hall–Kier alpha value is -2.22. The molecule has 1 radical (unpaired) electrons. The largest absolute Gasteiger partial charge is 0.256 e. The molecule has 0 N–H and O–H groups in total. The maximum atomic E-state index is 12.8. The van der Waals surface area contributed by atoms with Crippen molar-refractivity contribution in [3.63, 3.8) is 0 Å². The molecule has 0 aliphatic heterocycles. The van der Waals surface area contributed by atoms with E-state index < -0.39 is 0 Å². The van der Waals surface area contributed by atoms with E-state index in [1.807, 2.05) is 24.3 Å². The number of rotatable bonds is 1. The summed E-state index contributed by atoms with van der Waals surface area (Å²) in [5.41, 5.74) is 2.95. The van der Waals surface area contributed by atoms with Crippen LogP contribution in [0.15, 0.2) is 54.7 Å². The van der Waals surface area contributed by atoms with Crippen molar-refractivity contribution in [2.24, 2.45) is 0 Å². The van der Waals surface area contributed by atoms with Gasteiger partial charge in [0, 0.05) is 17.6 Å². The van der Waals surface area contributed by atoms with Gasteiger partial charge in [0.25, 0.3) is 0 Å². The summed E-state index contributed by atoms with van der Waals surface area (Å²) in [4.78, 5) is 4.26. The van der Waals surface area contributed by atoms with Gasteiger partial charge >= 0.3 is 0 Å². The average molecular weight is 222 g/mol. The molecule has 0 amide bonds. The van der Waals surface area contributed by atoms with E-state index in [1.54, 1.807) is 18.3 Å². The van der Waals surface area contributed by atoms with Crippen LogP contribution in [-0.2, 0) is 0 Å². The summed E-state index contributed by atoms with van der Waals surface area (Å²) in [7, 11) is 0. The van der Waals surface area contributed by atoms with Gasteiger partial charge in [0.15, 0.2) is 0 Å². The van der Waals surface area contributed by atoms with Gasteiger partial charge in [0.1, 0.15) is 5.82 Å². The lowest BCUT2D eigenvalue weighted by Gasteiger charge is -2.03. The number of fused-ring (bicyclic) bond motifs is 1. The van der Waals surface area contributed by atoms with Gasteiger partial charge in [-0.2, -0.15) is 0 Å². The standard InChI is InChI=1S/C15H9FN/c16-14-7-5-11(6-8-14)13-4-3-12-2-1-9-17-15(12)10-13/h2-10H. The zero-order chi connectivity index (χ0) is 11.7. The summed E-state index contributed by atoms with van der Waals surface area (Å²) in [5.74, 6) is -0.220. The van der Waals surface area contributed by atoms with E-state index >= 15 is 0 Å². The van der Waals surface area contributed by atoms with Gasteiger partial charge in [-0.3, -0.25) is 4.98 Å². The number of halogens is 1. The summed E-state index contributed by atoms with van der Waals surface area (Å²) in [6.45, 7) is 0. The van der Waals surface area contributed by atoms with E-state index in [1.165, 1.54) is 12.1 Å². The van der Waals surface area contributed by atoms with Crippen LogP contribution >= 0.6 is 0 Å². The molecule has 0 aliphatic carbocycles. The molecular formula is C15H9FN. The van der Waals surface area contributed by atoms with Gasteiger partial charge in [-0.05, 0) is 35.4 Å². The van der Waals surface area contributed by atoms with Crippen molar-refractivity contribution < 1.29 is 4.39 Å².